The number of rotatable bonds is 2. The van der Waals surface area contributed by atoms with E-state index >= 15 is 0 Å². The molecule has 0 fully saturated rings. The molecule has 130 valence electrons. The average Bonchev–Trinajstić information content (AvgIpc) is 3.02. The quantitative estimate of drug-likeness (QED) is 0.602. The first-order chi connectivity index (χ1) is 11.7. The van der Waals surface area contributed by atoms with E-state index < -0.39 is 5.97 Å². The Balaban J connectivity index is 1.94. The number of aliphatic imine (C=N–C) groups is 1. The second kappa shape index (κ2) is 6.15. The molecule has 0 atom stereocenters. The molecule has 2 heterocycles. The van der Waals surface area contributed by atoms with Gasteiger partial charge in [0.1, 0.15) is 5.15 Å². The number of aromatic nitrogens is 2. The summed E-state index contributed by atoms with van der Waals surface area (Å²) < 4.78 is 6.87. The van der Waals surface area contributed by atoms with E-state index in [1.807, 2.05) is 31.2 Å². The van der Waals surface area contributed by atoms with Crippen LogP contribution in [0.15, 0.2) is 35.0 Å². The van der Waals surface area contributed by atoms with Gasteiger partial charge < -0.3 is 4.74 Å². The number of cyclic esters (lactones) is 1. The van der Waals surface area contributed by atoms with Gasteiger partial charge in [-0.1, -0.05) is 44.5 Å². The van der Waals surface area contributed by atoms with Crippen LogP contribution in [0, 0.1) is 6.92 Å². The van der Waals surface area contributed by atoms with E-state index in [-0.39, 0.29) is 11.1 Å². The van der Waals surface area contributed by atoms with Crippen molar-refractivity contribution in [2.24, 2.45) is 12.0 Å². The molecule has 0 unspecified atom stereocenters. The first-order valence-corrected chi connectivity index (χ1v) is 8.37. The Morgan fingerprint density at radius 3 is 2.36 bits per heavy atom. The number of hydrogen-bond acceptors (Lipinski definition) is 4. The molecule has 1 aliphatic heterocycles. The normalized spacial score (nSPS) is 16.3. The van der Waals surface area contributed by atoms with Crippen LogP contribution in [0.2, 0.25) is 5.15 Å². The van der Waals surface area contributed by atoms with Crippen molar-refractivity contribution >= 4 is 29.5 Å². The van der Waals surface area contributed by atoms with Gasteiger partial charge >= 0.3 is 5.97 Å². The number of carbonyl (C=O) groups is 1. The van der Waals surface area contributed by atoms with Gasteiger partial charge in [0.15, 0.2) is 5.70 Å². The summed E-state index contributed by atoms with van der Waals surface area (Å²) in [7, 11) is 1.75. The van der Waals surface area contributed by atoms with Crippen LogP contribution in [-0.4, -0.2) is 21.6 Å². The van der Waals surface area contributed by atoms with Crippen molar-refractivity contribution in [1.82, 2.24) is 9.78 Å². The molecule has 0 radical (unpaired) electrons. The molecule has 0 bridgehead atoms. The fourth-order valence-corrected chi connectivity index (χ4v) is 2.82. The molecule has 6 heteroatoms. The molecule has 1 aromatic heterocycles. The first-order valence-electron chi connectivity index (χ1n) is 7.99. The molecular weight excluding hydrogens is 338 g/mol. The molecule has 5 nitrogen and oxygen atoms in total. The van der Waals surface area contributed by atoms with Crippen molar-refractivity contribution in [2.45, 2.75) is 33.1 Å². The molecule has 2 aromatic rings. The van der Waals surface area contributed by atoms with E-state index in [2.05, 4.69) is 30.9 Å². The average molecular weight is 358 g/mol. The highest BCUT2D eigenvalue weighted by atomic mass is 35.5. The number of hydrogen-bond donors (Lipinski definition) is 0. The third-order valence-corrected chi connectivity index (χ3v) is 4.54. The van der Waals surface area contributed by atoms with Crippen LogP contribution in [0.25, 0.3) is 6.08 Å². The van der Waals surface area contributed by atoms with Crippen molar-refractivity contribution in [1.29, 1.82) is 0 Å². The summed E-state index contributed by atoms with van der Waals surface area (Å²) in [6.07, 6.45) is 1.61. The molecule has 3 rings (SSSR count). The predicted molar refractivity (Wildman–Crippen MR) is 98.7 cm³/mol. The van der Waals surface area contributed by atoms with E-state index in [1.165, 1.54) is 5.56 Å². The Labute approximate surface area is 152 Å². The molecule has 25 heavy (non-hydrogen) atoms. The zero-order valence-electron chi connectivity index (χ0n) is 14.9. The molecule has 0 spiro atoms. The molecule has 1 aliphatic rings. The Bertz CT molecular complexity index is 900. The summed E-state index contributed by atoms with van der Waals surface area (Å²) in [5.41, 5.74) is 3.64. The lowest BCUT2D eigenvalue weighted by molar-refractivity contribution is -0.129. The molecule has 0 saturated heterocycles. The van der Waals surface area contributed by atoms with Crippen LogP contribution in [0.1, 0.15) is 43.2 Å². The number of benzene rings is 1. The summed E-state index contributed by atoms with van der Waals surface area (Å²) in [4.78, 5) is 16.5. The Morgan fingerprint density at radius 2 is 1.84 bits per heavy atom. The van der Waals surface area contributed by atoms with Crippen molar-refractivity contribution in [3.8, 4) is 0 Å². The third kappa shape index (κ3) is 3.37. The molecule has 0 saturated carbocycles. The number of aryl methyl sites for hydroxylation is 2. The topological polar surface area (TPSA) is 56.5 Å². The number of carbonyl (C=O) groups excluding carboxylic acids is 1. The second-order valence-electron chi connectivity index (χ2n) is 7.08. The van der Waals surface area contributed by atoms with Gasteiger partial charge in [0.05, 0.1) is 5.69 Å². The van der Waals surface area contributed by atoms with Gasteiger partial charge in [0.25, 0.3) is 0 Å². The van der Waals surface area contributed by atoms with Gasteiger partial charge in [0, 0.05) is 18.2 Å². The van der Waals surface area contributed by atoms with Crippen LogP contribution in [0.4, 0.5) is 0 Å². The number of ether oxygens (including phenoxy) is 1. The summed E-state index contributed by atoms with van der Waals surface area (Å²) >= 11 is 6.21. The fourth-order valence-electron chi connectivity index (χ4n) is 2.59. The van der Waals surface area contributed by atoms with Crippen LogP contribution in [0.5, 0.6) is 0 Å². The lowest BCUT2D eigenvalue weighted by Gasteiger charge is -2.18. The maximum atomic E-state index is 12.1. The zero-order chi connectivity index (χ0) is 18.4. The van der Waals surface area contributed by atoms with E-state index in [0.29, 0.717) is 16.6 Å². The lowest BCUT2D eigenvalue weighted by Crippen LogP contribution is -2.11. The highest BCUT2D eigenvalue weighted by Crippen LogP contribution is 2.26. The van der Waals surface area contributed by atoms with E-state index in [1.54, 1.807) is 17.8 Å². The van der Waals surface area contributed by atoms with Crippen molar-refractivity contribution in [2.75, 3.05) is 0 Å². The van der Waals surface area contributed by atoms with Crippen LogP contribution >= 0.6 is 11.6 Å². The largest absolute Gasteiger partial charge is 0.402 e. The minimum absolute atomic E-state index is 0.0618. The van der Waals surface area contributed by atoms with E-state index in [4.69, 9.17) is 16.3 Å². The molecule has 1 aromatic carbocycles. The minimum Gasteiger partial charge on any atom is -0.402 e. The van der Waals surface area contributed by atoms with Gasteiger partial charge in [-0.3, -0.25) is 4.68 Å². The van der Waals surface area contributed by atoms with Crippen molar-refractivity contribution in [3.63, 3.8) is 0 Å². The summed E-state index contributed by atoms with van der Waals surface area (Å²) in [5, 5.41) is 4.68. The van der Waals surface area contributed by atoms with Crippen molar-refractivity contribution in [3.05, 3.63) is 57.5 Å². The maximum Gasteiger partial charge on any atom is 0.363 e. The molecule has 0 amide bonds. The minimum atomic E-state index is -0.491. The van der Waals surface area contributed by atoms with E-state index in [9.17, 15) is 4.79 Å². The predicted octanol–water partition coefficient (Wildman–Crippen LogP) is 4.02. The van der Waals surface area contributed by atoms with Gasteiger partial charge in [0.2, 0.25) is 5.90 Å². The van der Waals surface area contributed by atoms with Gasteiger partial charge in [-0.15, -0.1) is 0 Å². The first kappa shape index (κ1) is 17.4. The number of nitrogens with zero attached hydrogens (tertiary/aromatic N) is 3. The SMILES string of the molecule is Cc1nn(C)c(Cl)c1/C=C1/N=C(c2ccc(C(C)(C)C)cc2)OC1=O. The third-order valence-electron chi connectivity index (χ3n) is 4.10. The van der Waals surface area contributed by atoms with Gasteiger partial charge in [-0.05, 0) is 36.1 Å². The summed E-state index contributed by atoms with van der Waals surface area (Å²) in [6, 6.07) is 7.88. The standard InChI is InChI=1S/C19H20ClN3O2/c1-11-14(16(20)23(5)22-11)10-15-18(24)25-17(21-15)12-6-8-13(9-7-12)19(2,3)4/h6-10H,1-5H3/b15-10+. The van der Waals surface area contributed by atoms with Crippen LogP contribution < -0.4 is 0 Å². The summed E-state index contributed by atoms with van der Waals surface area (Å²) in [5.74, 6) is -0.191. The smallest absolute Gasteiger partial charge is 0.363 e. The molecular formula is C19H20ClN3O2. The highest BCUT2D eigenvalue weighted by Gasteiger charge is 2.25. The van der Waals surface area contributed by atoms with Crippen LogP contribution in [-0.2, 0) is 22.0 Å². The van der Waals surface area contributed by atoms with Crippen LogP contribution in [0.3, 0.4) is 0 Å². The van der Waals surface area contributed by atoms with E-state index in [0.717, 1.165) is 11.3 Å². The Kier molecular flexibility index (Phi) is 4.29. The molecule has 0 N–H and O–H groups in total. The highest BCUT2D eigenvalue weighted by molar-refractivity contribution is 6.31. The Morgan fingerprint density at radius 1 is 1.20 bits per heavy atom. The molecule has 0 aliphatic carbocycles. The maximum absolute atomic E-state index is 12.1. The monoisotopic (exact) mass is 357 g/mol. The number of halogens is 1. The fraction of sp³-hybridized carbons (Fsp3) is 0.316. The lowest BCUT2D eigenvalue weighted by atomic mass is 9.87. The Hall–Kier alpha value is -2.40. The summed E-state index contributed by atoms with van der Waals surface area (Å²) in [6.45, 7) is 8.27. The van der Waals surface area contributed by atoms with Gasteiger partial charge in [-0.2, -0.15) is 5.10 Å². The van der Waals surface area contributed by atoms with Gasteiger partial charge in [-0.25, -0.2) is 9.79 Å². The van der Waals surface area contributed by atoms with Crippen molar-refractivity contribution < 1.29 is 9.53 Å². The number of esters is 1. The second-order valence-corrected chi connectivity index (χ2v) is 7.43. The zero-order valence-corrected chi connectivity index (χ0v) is 15.7.